The summed E-state index contributed by atoms with van der Waals surface area (Å²) in [4.78, 5) is 24.5. The van der Waals surface area contributed by atoms with E-state index < -0.39 is 18.1 Å². The van der Waals surface area contributed by atoms with E-state index in [1.807, 2.05) is 73.7 Å². The summed E-state index contributed by atoms with van der Waals surface area (Å²) in [5, 5.41) is 16.6. The van der Waals surface area contributed by atoms with Crippen LogP contribution < -0.4 is 5.32 Å². The van der Waals surface area contributed by atoms with Gasteiger partial charge in [-0.2, -0.15) is 5.10 Å². The first-order valence-electron chi connectivity index (χ1n) is 11.5. The summed E-state index contributed by atoms with van der Waals surface area (Å²) < 4.78 is 7.28. The highest BCUT2D eigenvalue weighted by Gasteiger charge is 2.30. The largest absolute Gasteiger partial charge is 0.480 e. The van der Waals surface area contributed by atoms with Crippen molar-refractivity contribution in [3.8, 4) is 16.8 Å². The Morgan fingerprint density at radius 3 is 2.20 bits per heavy atom. The number of alkyl carbamates (subject to hydrolysis) is 1. The van der Waals surface area contributed by atoms with Gasteiger partial charge < -0.3 is 15.2 Å². The highest BCUT2D eigenvalue weighted by molar-refractivity contribution is 5.81. The van der Waals surface area contributed by atoms with E-state index in [1.165, 1.54) is 0 Å². The summed E-state index contributed by atoms with van der Waals surface area (Å²) in [6.45, 7) is 2.00. The summed E-state index contributed by atoms with van der Waals surface area (Å²) in [5.41, 5.74) is 6.89. The average Bonchev–Trinajstić information content (AvgIpc) is 3.40. The van der Waals surface area contributed by atoms with E-state index in [0.717, 1.165) is 39.2 Å². The van der Waals surface area contributed by atoms with Gasteiger partial charge in [-0.1, -0.05) is 66.7 Å². The summed E-state index contributed by atoms with van der Waals surface area (Å²) in [7, 11) is 0. The number of nitrogens with zero attached hydrogens (tertiary/aromatic N) is 2. The minimum atomic E-state index is -1.14. The number of nitrogens with one attached hydrogen (secondary N) is 1. The smallest absolute Gasteiger partial charge is 0.407 e. The number of para-hydroxylation sites is 1. The number of aliphatic carboxylic acids is 1. The number of carboxylic acid groups (broad SMARTS) is 1. The van der Waals surface area contributed by atoms with E-state index in [1.54, 1.807) is 10.9 Å². The van der Waals surface area contributed by atoms with E-state index in [4.69, 9.17) is 4.74 Å². The van der Waals surface area contributed by atoms with Crippen LogP contribution in [0.2, 0.25) is 0 Å². The standard InChI is InChI=1S/C28H25N3O4/c1-18-19(16-29-31(18)20-9-3-2-4-10-20)15-26(27(32)33)30-28(34)35-17-25-23-13-7-5-11-21(23)22-12-6-8-14-24(22)25/h2-14,16,25-26H,15,17H2,1H3,(H,30,34)(H,32,33). The predicted molar refractivity (Wildman–Crippen MR) is 132 cm³/mol. The number of aromatic nitrogens is 2. The molecule has 1 aliphatic carbocycles. The number of carbonyl (C=O) groups excluding carboxylic acids is 1. The van der Waals surface area contributed by atoms with Crippen LogP contribution in [-0.4, -0.2) is 39.6 Å². The van der Waals surface area contributed by atoms with Crippen molar-refractivity contribution in [1.29, 1.82) is 0 Å². The molecule has 176 valence electrons. The molecule has 1 aliphatic rings. The molecular weight excluding hydrogens is 442 g/mol. The fraction of sp³-hybridized carbons (Fsp3) is 0.179. The zero-order valence-corrected chi connectivity index (χ0v) is 19.2. The van der Waals surface area contributed by atoms with E-state index in [9.17, 15) is 14.7 Å². The highest BCUT2D eigenvalue weighted by atomic mass is 16.5. The highest BCUT2D eigenvalue weighted by Crippen LogP contribution is 2.44. The van der Waals surface area contributed by atoms with Crippen molar-refractivity contribution in [2.24, 2.45) is 0 Å². The fourth-order valence-corrected chi connectivity index (χ4v) is 4.68. The van der Waals surface area contributed by atoms with E-state index >= 15 is 0 Å². The second-order valence-corrected chi connectivity index (χ2v) is 8.57. The number of carboxylic acids is 1. The molecule has 0 spiro atoms. The van der Waals surface area contributed by atoms with Crippen LogP contribution in [0.5, 0.6) is 0 Å². The van der Waals surface area contributed by atoms with E-state index in [2.05, 4.69) is 22.5 Å². The number of carbonyl (C=O) groups is 2. The summed E-state index contributed by atoms with van der Waals surface area (Å²) in [5.74, 6) is -1.23. The summed E-state index contributed by atoms with van der Waals surface area (Å²) >= 11 is 0. The van der Waals surface area contributed by atoms with Gasteiger partial charge in [0.15, 0.2) is 0 Å². The molecule has 35 heavy (non-hydrogen) atoms. The van der Waals surface area contributed by atoms with Crippen molar-refractivity contribution in [3.05, 3.63) is 107 Å². The normalized spacial score (nSPS) is 13.1. The number of hydrogen-bond donors (Lipinski definition) is 2. The van der Waals surface area contributed by atoms with Gasteiger partial charge in [-0.15, -0.1) is 0 Å². The molecule has 0 aliphatic heterocycles. The van der Waals surface area contributed by atoms with Crippen LogP contribution in [-0.2, 0) is 16.0 Å². The van der Waals surface area contributed by atoms with E-state index in [0.29, 0.717) is 0 Å². The van der Waals surface area contributed by atoms with E-state index in [-0.39, 0.29) is 18.9 Å². The van der Waals surface area contributed by atoms with Gasteiger partial charge in [0, 0.05) is 18.0 Å². The number of benzene rings is 3. The Balaban J connectivity index is 1.26. The number of hydrogen-bond acceptors (Lipinski definition) is 4. The molecule has 0 fully saturated rings. The fourth-order valence-electron chi connectivity index (χ4n) is 4.68. The molecule has 7 heteroatoms. The van der Waals surface area contributed by atoms with Crippen molar-refractivity contribution in [1.82, 2.24) is 15.1 Å². The Kier molecular flexibility index (Phi) is 6.06. The topological polar surface area (TPSA) is 93.4 Å². The Morgan fingerprint density at radius 2 is 1.57 bits per heavy atom. The number of amides is 1. The van der Waals surface area contributed by atoms with Gasteiger partial charge in [0.05, 0.1) is 11.9 Å². The maximum absolute atomic E-state index is 12.6. The minimum absolute atomic E-state index is 0.0947. The third-order valence-corrected chi connectivity index (χ3v) is 6.47. The van der Waals surface area contributed by atoms with Crippen LogP contribution >= 0.6 is 0 Å². The molecule has 1 heterocycles. The quantitative estimate of drug-likeness (QED) is 0.410. The van der Waals surface area contributed by atoms with Gasteiger partial charge in [0.1, 0.15) is 12.6 Å². The Hall–Kier alpha value is -4.39. The number of fused-ring (bicyclic) bond motifs is 3. The average molecular weight is 468 g/mol. The maximum Gasteiger partial charge on any atom is 0.407 e. The molecule has 0 saturated carbocycles. The van der Waals surface area contributed by atoms with Gasteiger partial charge in [0.2, 0.25) is 0 Å². The zero-order valence-electron chi connectivity index (χ0n) is 19.2. The van der Waals surface area contributed by atoms with Crippen molar-refractivity contribution < 1.29 is 19.4 Å². The molecule has 7 nitrogen and oxygen atoms in total. The van der Waals surface area contributed by atoms with Crippen LogP contribution in [0.4, 0.5) is 4.79 Å². The van der Waals surface area contributed by atoms with Crippen molar-refractivity contribution in [2.75, 3.05) is 6.61 Å². The lowest BCUT2D eigenvalue weighted by Crippen LogP contribution is -2.43. The minimum Gasteiger partial charge on any atom is -0.480 e. The maximum atomic E-state index is 12.6. The first-order chi connectivity index (χ1) is 17.0. The number of ether oxygens (including phenoxy) is 1. The van der Waals surface area contributed by atoms with Crippen LogP contribution in [0.1, 0.15) is 28.3 Å². The Labute approximate surface area is 203 Å². The molecule has 0 radical (unpaired) electrons. The number of rotatable bonds is 7. The Morgan fingerprint density at radius 1 is 0.971 bits per heavy atom. The summed E-state index contributed by atoms with van der Waals surface area (Å²) in [6.07, 6.45) is 0.975. The second kappa shape index (κ2) is 9.46. The van der Waals surface area contributed by atoms with Crippen LogP contribution in [0.25, 0.3) is 16.8 Å². The molecule has 3 aromatic carbocycles. The van der Waals surface area contributed by atoms with Crippen LogP contribution in [0.15, 0.2) is 85.1 Å². The zero-order chi connectivity index (χ0) is 24.4. The molecule has 0 bridgehead atoms. The lowest BCUT2D eigenvalue weighted by molar-refractivity contribution is -0.139. The monoisotopic (exact) mass is 467 g/mol. The van der Waals surface area contributed by atoms with Gasteiger partial charge in [0.25, 0.3) is 0 Å². The van der Waals surface area contributed by atoms with Crippen molar-refractivity contribution in [2.45, 2.75) is 25.3 Å². The molecule has 1 aromatic heterocycles. The third-order valence-electron chi connectivity index (χ3n) is 6.47. The molecular formula is C28H25N3O4. The molecule has 1 unspecified atom stereocenters. The molecule has 0 saturated heterocycles. The van der Waals surface area contributed by atoms with Gasteiger partial charge in [-0.3, -0.25) is 0 Å². The van der Waals surface area contributed by atoms with Gasteiger partial charge >= 0.3 is 12.1 Å². The van der Waals surface area contributed by atoms with Gasteiger partial charge in [-0.25, -0.2) is 14.3 Å². The Bertz CT molecular complexity index is 1330. The lowest BCUT2D eigenvalue weighted by Gasteiger charge is -2.17. The SMILES string of the molecule is Cc1c(CC(NC(=O)OCC2c3ccccc3-c3ccccc32)C(=O)O)cnn1-c1ccccc1. The first-order valence-corrected chi connectivity index (χ1v) is 11.5. The van der Waals surface area contributed by atoms with Crippen molar-refractivity contribution in [3.63, 3.8) is 0 Å². The molecule has 1 amide bonds. The predicted octanol–water partition coefficient (Wildman–Crippen LogP) is 4.72. The second-order valence-electron chi connectivity index (χ2n) is 8.57. The van der Waals surface area contributed by atoms with Gasteiger partial charge in [-0.05, 0) is 46.9 Å². The third kappa shape index (κ3) is 4.40. The van der Waals surface area contributed by atoms with Crippen molar-refractivity contribution >= 4 is 12.1 Å². The first kappa shape index (κ1) is 22.4. The van der Waals surface area contributed by atoms with Crippen LogP contribution in [0.3, 0.4) is 0 Å². The molecule has 1 atom stereocenters. The lowest BCUT2D eigenvalue weighted by atomic mass is 9.98. The molecule has 2 N–H and O–H groups in total. The van der Waals surface area contributed by atoms with Crippen LogP contribution in [0, 0.1) is 6.92 Å². The molecule has 4 aromatic rings. The molecule has 5 rings (SSSR count). The summed E-state index contributed by atoms with van der Waals surface area (Å²) in [6, 6.07) is 24.6.